The molecule has 0 radical (unpaired) electrons. The molecule has 3 aromatic rings. The number of carbonyl (C=O) groups excluding carboxylic acids is 1. The number of rotatable bonds is 4. The van der Waals surface area contributed by atoms with Crippen LogP contribution in [0, 0.1) is 12.7 Å². The maximum atomic E-state index is 12.9. The van der Waals surface area contributed by atoms with E-state index in [2.05, 4.69) is 35.8 Å². The fraction of sp³-hybridized carbons (Fsp3) is 0.167. The van der Waals surface area contributed by atoms with Crippen LogP contribution in [0.25, 0.3) is 10.9 Å². The summed E-state index contributed by atoms with van der Waals surface area (Å²) < 4.78 is 14.9. The Hall–Kier alpha value is -2.42. The van der Waals surface area contributed by atoms with Gasteiger partial charge in [0.15, 0.2) is 5.78 Å². The van der Waals surface area contributed by atoms with Crippen molar-refractivity contribution in [1.82, 2.24) is 4.57 Å². The monoisotopic (exact) mass is 281 g/mol. The number of fused-ring (bicyclic) bond motifs is 1. The Bertz CT molecular complexity index is 787. The highest BCUT2D eigenvalue weighted by Crippen LogP contribution is 2.18. The predicted octanol–water partition coefficient (Wildman–Crippen LogP) is 4.36. The summed E-state index contributed by atoms with van der Waals surface area (Å²) in [5.41, 5.74) is 2.90. The molecule has 0 fully saturated rings. The minimum absolute atomic E-state index is 0.0319. The van der Waals surface area contributed by atoms with Gasteiger partial charge in [-0.05, 0) is 54.3 Å². The van der Waals surface area contributed by atoms with Crippen molar-refractivity contribution in [2.75, 3.05) is 0 Å². The van der Waals surface area contributed by atoms with Gasteiger partial charge in [-0.15, -0.1) is 0 Å². The third kappa shape index (κ3) is 2.87. The van der Waals surface area contributed by atoms with E-state index in [0.29, 0.717) is 18.5 Å². The molecule has 0 atom stereocenters. The molecule has 0 aliphatic heterocycles. The van der Waals surface area contributed by atoms with Crippen molar-refractivity contribution < 1.29 is 9.18 Å². The summed E-state index contributed by atoms with van der Waals surface area (Å²) >= 11 is 0. The molecule has 106 valence electrons. The normalized spacial score (nSPS) is 11.0. The molecule has 0 aliphatic carbocycles. The first-order valence-corrected chi connectivity index (χ1v) is 6.98. The molecule has 3 heteroatoms. The number of aryl methyl sites for hydroxylation is 2. The van der Waals surface area contributed by atoms with Crippen LogP contribution in [0.2, 0.25) is 0 Å². The highest BCUT2D eigenvalue weighted by Gasteiger charge is 2.07. The molecule has 0 unspecified atom stereocenters. The van der Waals surface area contributed by atoms with Gasteiger partial charge in [-0.2, -0.15) is 0 Å². The largest absolute Gasteiger partial charge is 0.347 e. The van der Waals surface area contributed by atoms with E-state index in [1.807, 2.05) is 6.20 Å². The summed E-state index contributed by atoms with van der Waals surface area (Å²) in [6, 6.07) is 14.1. The maximum absolute atomic E-state index is 12.9. The molecule has 0 bridgehead atoms. The average Bonchev–Trinajstić information content (AvgIpc) is 2.88. The minimum atomic E-state index is -0.321. The van der Waals surface area contributed by atoms with Crippen molar-refractivity contribution in [3.05, 3.63) is 71.7 Å². The van der Waals surface area contributed by atoms with Crippen LogP contribution in [0.3, 0.4) is 0 Å². The Kier molecular flexibility index (Phi) is 3.57. The summed E-state index contributed by atoms with van der Waals surface area (Å²) in [5, 5.41) is 1.18. The summed E-state index contributed by atoms with van der Waals surface area (Å²) in [6.07, 6.45) is 2.41. The molecular weight excluding hydrogens is 265 g/mol. The van der Waals surface area contributed by atoms with Crippen LogP contribution in [-0.4, -0.2) is 10.4 Å². The summed E-state index contributed by atoms with van der Waals surface area (Å²) in [7, 11) is 0. The van der Waals surface area contributed by atoms with Crippen molar-refractivity contribution in [3.8, 4) is 0 Å². The van der Waals surface area contributed by atoms with Crippen molar-refractivity contribution in [2.24, 2.45) is 0 Å². The number of carbonyl (C=O) groups is 1. The number of Topliss-reactive ketones (excluding diaryl/α,β-unsaturated/α-hetero) is 1. The lowest BCUT2D eigenvalue weighted by molar-refractivity contribution is 0.0977. The van der Waals surface area contributed by atoms with Crippen LogP contribution >= 0.6 is 0 Å². The van der Waals surface area contributed by atoms with E-state index < -0.39 is 0 Å². The van der Waals surface area contributed by atoms with Gasteiger partial charge in [-0.25, -0.2) is 4.39 Å². The topological polar surface area (TPSA) is 22.0 Å². The third-order valence-electron chi connectivity index (χ3n) is 3.68. The van der Waals surface area contributed by atoms with Gasteiger partial charge in [-0.1, -0.05) is 12.1 Å². The summed E-state index contributed by atoms with van der Waals surface area (Å²) in [6.45, 7) is 2.68. The van der Waals surface area contributed by atoms with Gasteiger partial charge in [0, 0.05) is 30.2 Å². The Labute approximate surface area is 122 Å². The van der Waals surface area contributed by atoms with Gasteiger partial charge in [-0.3, -0.25) is 4.79 Å². The van der Waals surface area contributed by atoms with Crippen LogP contribution in [0.15, 0.2) is 54.7 Å². The van der Waals surface area contributed by atoms with E-state index in [0.717, 1.165) is 5.52 Å². The molecule has 0 amide bonds. The van der Waals surface area contributed by atoms with Crippen LogP contribution in [0.1, 0.15) is 22.3 Å². The summed E-state index contributed by atoms with van der Waals surface area (Å²) in [5.74, 6) is -0.289. The second-order valence-corrected chi connectivity index (χ2v) is 5.25. The van der Waals surface area contributed by atoms with Crippen LogP contribution in [0.5, 0.6) is 0 Å². The zero-order valence-electron chi connectivity index (χ0n) is 11.8. The highest BCUT2D eigenvalue weighted by atomic mass is 19.1. The lowest BCUT2D eigenvalue weighted by atomic mass is 10.1. The lowest BCUT2D eigenvalue weighted by Crippen LogP contribution is -2.05. The van der Waals surface area contributed by atoms with Crippen LogP contribution < -0.4 is 0 Å². The smallest absolute Gasteiger partial charge is 0.164 e. The van der Waals surface area contributed by atoms with Crippen LogP contribution in [-0.2, 0) is 6.54 Å². The molecule has 0 aliphatic rings. The number of nitrogens with zero attached hydrogens (tertiary/aromatic N) is 1. The van der Waals surface area contributed by atoms with E-state index in [4.69, 9.17) is 0 Å². The SMILES string of the molecule is Cc1ccc2ccn(CCC(=O)c3ccc(F)cc3)c2c1. The maximum Gasteiger partial charge on any atom is 0.164 e. The highest BCUT2D eigenvalue weighted by molar-refractivity contribution is 5.96. The van der Waals surface area contributed by atoms with Gasteiger partial charge in [0.25, 0.3) is 0 Å². The molecule has 3 rings (SSSR count). The molecule has 0 saturated heterocycles. The molecule has 1 aromatic heterocycles. The Balaban J connectivity index is 1.75. The zero-order valence-corrected chi connectivity index (χ0v) is 11.8. The quantitative estimate of drug-likeness (QED) is 0.651. The number of benzene rings is 2. The van der Waals surface area contributed by atoms with E-state index in [1.165, 1.54) is 35.2 Å². The Morgan fingerprint density at radius 3 is 2.62 bits per heavy atom. The second kappa shape index (κ2) is 5.52. The van der Waals surface area contributed by atoms with E-state index >= 15 is 0 Å². The lowest BCUT2D eigenvalue weighted by Gasteiger charge is -2.06. The predicted molar refractivity (Wildman–Crippen MR) is 82.0 cm³/mol. The van der Waals surface area contributed by atoms with Gasteiger partial charge in [0.2, 0.25) is 0 Å². The molecule has 2 nitrogen and oxygen atoms in total. The number of ketones is 1. The fourth-order valence-corrected chi connectivity index (χ4v) is 2.49. The average molecular weight is 281 g/mol. The third-order valence-corrected chi connectivity index (χ3v) is 3.68. The molecular formula is C18H16FNO. The number of aromatic nitrogens is 1. The Morgan fingerprint density at radius 1 is 1.10 bits per heavy atom. The minimum Gasteiger partial charge on any atom is -0.347 e. The first-order valence-electron chi connectivity index (χ1n) is 6.98. The molecule has 1 heterocycles. The van der Waals surface area contributed by atoms with Crippen molar-refractivity contribution >= 4 is 16.7 Å². The standard InChI is InChI=1S/C18H16FNO/c1-13-2-3-14-8-10-20(17(14)12-13)11-9-18(21)15-4-6-16(19)7-5-15/h2-8,10,12H,9,11H2,1H3. The summed E-state index contributed by atoms with van der Waals surface area (Å²) in [4.78, 5) is 12.1. The first-order chi connectivity index (χ1) is 10.1. The number of halogens is 1. The van der Waals surface area contributed by atoms with Gasteiger partial charge >= 0.3 is 0 Å². The fourth-order valence-electron chi connectivity index (χ4n) is 2.49. The molecule has 0 spiro atoms. The van der Waals surface area contributed by atoms with Crippen LogP contribution in [0.4, 0.5) is 4.39 Å². The molecule has 0 N–H and O–H groups in total. The van der Waals surface area contributed by atoms with Gasteiger partial charge in [0.1, 0.15) is 5.82 Å². The molecule has 2 aromatic carbocycles. The Morgan fingerprint density at radius 2 is 1.86 bits per heavy atom. The molecule has 21 heavy (non-hydrogen) atoms. The van der Waals surface area contributed by atoms with E-state index in [1.54, 1.807) is 0 Å². The van der Waals surface area contributed by atoms with Crippen molar-refractivity contribution in [3.63, 3.8) is 0 Å². The number of hydrogen-bond acceptors (Lipinski definition) is 1. The van der Waals surface area contributed by atoms with E-state index in [-0.39, 0.29) is 11.6 Å². The second-order valence-electron chi connectivity index (χ2n) is 5.25. The van der Waals surface area contributed by atoms with E-state index in [9.17, 15) is 9.18 Å². The van der Waals surface area contributed by atoms with Crippen molar-refractivity contribution in [1.29, 1.82) is 0 Å². The molecule has 0 saturated carbocycles. The van der Waals surface area contributed by atoms with Gasteiger partial charge < -0.3 is 4.57 Å². The van der Waals surface area contributed by atoms with Gasteiger partial charge in [0.05, 0.1) is 0 Å². The first kappa shape index (κ1) is 13.6. The number of hydrogen-bond donors (Lipinski definition) is 0. The van der Waals surface area contributed by atoms with Crippen molar-refractivity contribution in [2.45, 2.75) is 19.9 Å². The zero-order chi connectivity index (χ0) is 14.8.